The maximum Gasteiger partial charge on any atom is 0.271 e. The van der Waals surface area contributed by atoms with Crippen LogP contribution in [0, 0.1) is 0 Å². The third-order valence-electron chi connectivity index (χ3n) is 4.57. The quantitative estimate of drug-likeness (QED) is 0.697. The summed E-state index contributed by atoms with van der Waals surface area (Å²) in [4.78, 5) is 14.4. The van der Waals surface area contributed by atoms with Crippen molar-refractivity contribution < 1.29 is 9.53 Å². The molecule has 1 aromatic carbocycles. The molecule has 144 valence electrons. The number of hydrogen-bond donors (Lipinski definition) is 2. The van der Waals surface area contributed by atoms with E-state index < -0.39 is 0 Å². The van der Waals surface area contributed by atoms with Crippen LogP contribution in [0.4, 0.5) is 17.2 Å². The second-order valence-electron chi connectivity index (χ2n) is 6.63. The summed E-state index contributed by atoms with van der Waals surface area (Å²) in [6, 6.07) is 11.8. The minimum absolute atomic E-state index is 0.226. The molecule has 1 aliphatic heterocycles. The third kappa shape index (κ3) is 5.65. The van der Waals surface area contributed by atoms with E-state index in [4.69, 9.17) is 4.74 Å². The molecule has 1 saturated heterocycles. The van der Waals surface area contributed by atoms with Gasteiger partial charge in [-0.15, -0.1) is 10.2 Å². The van der Waals surface area contributed by atoms with Gasteiger partial charge in [0.25, 0.3) is 5.91 Å². The van der Waals surface area contributed by atoms with Crippen molar-refractivity contribution in [3.63, 3.8) is 0 Å². The van der Waals surface area contributed by atoms with Gasteiger partial charge in [-0.05, 0) is 62.1 Å². The number of methoxy groups -OCH3 is 1. The predicted octanol–water partition coefficient (Wildman–Crippen LogP) is 2.98. The summed E-state index contributed by atoms with van der Waals surface area (Å²) >= 11 is 0. The first-order valence-corrected chi connectivity index (χ1v) is 9.49. The first-order valence-electron chi connectivity index (χ1n) is 9.49. The van der Waals surface area contributed by atoms with Gasteiger partial charge in [0, 0.05) is 44.7 Å². The Bertz CT molecular complexity index is 712. The summed E-state index contributed by atoms with van der Waals surface area (Å²) in [5.41, 5.74) is 2.51. The molecule has 0 spiro atoms. The lowest BCUT2D eigenvalue weighted by Crippen LogP contribution is -2.29. The molecule has 0 bridgehead atoms. The van der Waals surface area contributed by atoms with Crippen LogP contribution in [0.3, 0.4) is 0 Å². The van der Waals surface area contributed by atoms with Crippen LogP contribution < -0.4 is 15.5 Å². The summed E-state index contributed by atoms with van der Waals surface area (Å²) in [6.45, 7) is 3.43. The van der Waals surface area contributed by atoms with Gasteiger partial charge in [-0.2, -0.15) is 0 Å². The molecule has 0 aliphatic carbocycles. The Kier molecular flexibility index (Phi) is 6.98. The van der Waals surface area contributed by atoms with E-state index in [1.54, 1.807) is 19.2 Å². The maximum absolute atomic E-state index is 12.0. The number of hydrogen-bond acceptors (Lipinski definition) is 6. The summed E-state index contributed by atoms with van der Waals surface area (Å²) in [7, 11) is 1.64. The molecule has 27 heavy (non-hydrogen) atoms. The van der Waals surface area contributed by atoms with Gasteiger partial charge in [-0.3, -0.25) is 4.79 Å². The maximum atomic E-state index is 12.0. The van der Waals surface area contributed by atoms with Gasteiger partial charge in [-0.25, -0.2) is 0 Å². The number of nitrogens with zero attached hydrogens (tertiary/aromatic N) is 3. The molecular weight excluding hydrogens is 342 g/mol. The van der Waals surface area contributed by atoms with Gasteiger partial charge < -0.3 is 20.3 Å². The van der Waals surface area contributed by atoms with E-state index in [1.807, 2.05) is 12.1 Å². The number of rotatable bonds is 8. The number of aromatic nitrogens is 2. The highest BCUT2D eigenvalue weighted by atomic mass is 16.5. The van der Waals surface area contributed by atoms with Crippen LogP contribution >= 0.6 is 0 Å². The second kappa shape index (κ2) is 9.87. The predicted molar refractivity (Wildman–Crippen MR) is 107 cm³/mol. The molecule has 1 aromatic heterocycles. The molecule has 7 heteroatoms. The zero-order valence-corrected chi connectivity index (χ0v) is 15.8. The molecule has 1 amide bonds. The molecule has 1 aliphatic rings. The van der Waals surface area contributed by atoms with Crippen molar-refractivity contribution >= 4 is 23.1 Å². The molecule has 3 rings (SSSR count). The fourth-order valence-electron chi connectivity index (χ4n) is 3.08. The van der Waals surface area contributed by atoms with Crippen LogP contribution in [0.1, 0.15) is 36.2 Å². The van der Waals surface area contributed by atoms with E-state index in [-0.39, 0.29) is 5.91 Å². The molecule has 7 nitrogen and oxygen atoms in total. The van der Waals surface area contributed by atoms with Crippen LogP contribution in [0.2, 0.25) is 0 Å². The largest absolute Gasteiger partial charge is 0.385 e. The van der Waals surface area contributed by atoms with E-state index in [0.29, 0.717) is 24.7 Å². The Morgan fingerprint density at radius 3 is 2.52 bits per heavy atom. The highest BCUT2D eigenvalue weighted by Crippen LogP contribution is 2.23. The van der Waals surface area contributed by atoms with Crippen molar-refractivity contribution in [2.24, 2.45) is 0 Å². The van der Waals surface area contributed by atoms with E-state index >= 15 is 0 Å². The average molecular weight is 369 g/mol. The first kappa shape index (κ1) is 19.1. The fraction of sp³-hybridized carbons (Fsp3) is 0.450. The highest BCUT2D eigenvalue weighted by Gasteiger charge is 2.11. The lowest BCUT2D eigenvalue weighted by atomic mass is 10.1. The molecule has 2 heterocycles. The monoisotopic (exact) mass is 369 g/mol. The van der Waals surface area contributed by atoms with E-state index in [2.05, 4.69) is 37.9 Å². The van der Waals surface area contributed by atoms with Crippen molar-refractivity contribution in [2.75, 3.05) is 43.6 Å². The zero-order chi connectivity index (χ0) is 18.9. The number of nitrogens with one attached hydrogen (secondary N) is 2. The Morgan fingerprint density at radius 1 is 1.07 bits per heavy atom. The number of amides is 1. The standard InChI is InChI=1S/C20H27N5O2/c1-27-15-5-12-21-20(26)18-10-11-19(24-23-18)22-16-6-8-17(9-7-16)25-13-3-2-4-14-25/h6-11H,2-5,12-15H2,1H3,(H,21,26)(H,22,24). The van der Waals surface area contributed by atoms with Crippen LogP contribution in [0.15, 0.2) is 36.4 Å². The van der Waals surface area contributed by atoms with Crippen LogP contribution in [0.5, 0.6) is 0 Å². The van der Waals surface area contributed by atoms with Crippen LogP contribution in [-0.4, -0.2) is 49.5 Å². The van der Waals surface area contributed by atoms with E-state index in [1.165, 1.54) is 24.9 Å². The van der Waals surface area contributed by atoms with Crippen molar-refractivity contribution in [1.29, 1.82) is 0 Å². The molecular formula is C20H27N5O2. The topological polar surface area (TPSA) is 79.4 Å². The number of carbonyl (C=O) groups is 1. The van der Waals surface area contributed by atoms with Gasteiger partial charge in [0.1, 0.15) is 0 Å². The third-order valence-corrected chi connectivity index (χ3v) is 4.57. The van der Waals surface area contributed by atoms with Gasteiger partial charge >= 0.3 is 0 Å². The Balaban J connectivity index is 1.52. The molecule has 2 aromatic rings. The van der Waals surface area contributed by atoms with Crippen LogP contribution in [0.25, 0.3) is 0 Å². The van der Waals surface area contributed by atoms with Crippen LogP contribution in [-0.2, 0) is 4.74 Å². The summed E-state index contributed by atoms with van der Waals surface area (Å²) < 4.78 is 4.95. The van der Waals surface area contributed by atoms with Crippen molar-refractivity contribution in [3.05, 3.63) is 42.1 Å². The lowest BCUT2D eigenvalue weighted by molar-refractivity contribution is 0.0942. The minimum atomic E-state index is -0.226. The lowest BCUT2D eigenvalue weighted by Gasteiger charge is -2.28. The molecule has 1 fully saturated rings. The van der Waals surface area contributed by atoms with Gasteiger partial charge in [0.15, 0.2) is 11.5 Å². The van der Waals surface area contributed by atoms with Crippen molar-refractivity contribution in [1.82, 2.24) is 15.5 Å². The van der Waals surface area contributed by atoms with Crippen molar-refractivity contribution in [3.8, 4) is 0 Å². The molecule has 0 radical (unpaired) electrons. The first-order chi connectivity index (χ1) is 13.3. The van der Waals surface area contributed by atoms with E-state index in [9.17, 15) is 4.79 Å². The Labute approximate surface area is 160 Å². The molecule has 0 atom stereocenters. The minimum Gasteiger partial charge on any atom is -0.385 e. The number of anilines is 3. The SMILES string of the molecule is COCCCNC(=O)c1ccc(Nc2ccc(N3CCCCC3)cc2)nn1. The second-order valence-corrected chi connectivity index (χ2v) is 6.63. The van der Waals surface area contributed by atoms with Crippen molar-refractivity contribution in [2.45, 2.75) is 25.7 Å². The molecule has 0 saturated carbocycles. The van der Waals surface area contributed by atoms with Gasteiger partial charge in [0.05, 0.1) is 0 Å². The summed E-state index contributed by atoms with van der Waals surface area (Å²) in [5.74, 6) is 0.382. The smallest absolute Gasteiger partial charge is 0.271 e. The molecule has 2 N–H and O–H groups in total. The number of piperidine rings is 1. The zero-order valence-electron chi connectivity index (χ0n) is 15.8. The highest BCUT2D eigenvalue weighted by molar-refractivity contribution is 5.92. The Morgan fingerprint density at radius 2 is 1.85 bits per heavy atom. The number of benzene rings is 1. The average Bonchev–Trinajstić information content (AvgIpc) is 2.73. The van der Waals surface area contributed by atoms with Gasteiger partial charge in [-0.1, -0.05) is 0 Å². The molecule has 0 unspecified atom stereocenters. The van der Waals surface area contributed by atoms with E-state index in [0.717, 1.165) is 25.2 Å². The Hall–Kier alpha value is -2.67. The summed E-state index contributed by atoms with van der Waals surface area (Å²) in [5, 5.41) is 14.1. The van der Waals surface area contributed by atoms with Gasteiger partial charge in [0.2, 0.25) is 0 Å². The number of carbonyl (C=O) groups excluding carboxylic acids is 1. The normalized spacial score (nSPS) is 14.0. The number of ether oxygens (including phenoxy) is 1. The summed E-state index contributed by atoms with van der Waals surface area (Å²) in [6.07, 6.45) is 4.63. The fourth-order valence-corrected chi connectivity index (χ4v) is 3.08.